The minimum absolute atomic E-state index is 0.00407. The molecular formula is C14H7F5N2O. The highest BCUT2D eigenvalue weighted by Crippen LogP contribution is 2.16. The number of aromatic amines is 1. The molecule has 3 rings (SSSR count). The zero-order valence-corrected chi connectivity index (χ0v) is 10.7. The number of H-pyrrole nitrogens is 1. The van der Waals surface area contributed by atoms with Gasteiger partial charge in [-0.2, -0.15) is 5.10 Å². The molecule has 114 valence electrons. The first kappa shape index (κ1) is 15.6. The first-order valence-corrected chi connectivity index (χ1v) is 5.80. The third kappa shape index (κ3) is 3.27. The third-order valence-corrected chi connectivity index (χ3v) is 2.63. The average molecular weight is 314 g/mol. The minimum atomic E-state index is -1.18. The number of fused-ring (bicyclic) bond motifs is 1. The number of carbonyl (C=O) groups is 1. The van der Waals surface area contributed by atoms with E-state index in [0.29, 0.717) is 23.0 Å². The number of nitrogens with zero attached hydrogens (tertiary/aromatic N) is 1. The van der Waals surface area contributed by atoms with E-state index in [9.17, 15) is 26.7 Å². The maximum absolute atomic E-state index is 12.8. The van der Waals surface area contributed by atoms with Gasteiger partial charge in [0.2, 0.25) is 0 Å². The molecule has 0 saturated carbocycles. The van der Waals surface area contributed by atoms with Gasteiger partial charge < -0.3 is 0 Å². The van der Waals surface area contributed by atoms with Crippen molar-refractivity contribution >= 4 is 17.2 Å². The highest BCUT2D eigenvalue weighted by atomic mass is 19.2. The zero-order valence-electron chi connectivity index (χ0n) is 10.7. The second-order valence-corrected chi connectivity index (χ2v) is 4.12. The largest absolute Gasteiger partial charge is 0.298 e. The van der Waals surface area contributed by atoms with Crippen LogP contribution in [0.25, 0.3) is 10.9 Å². The Morgan fingerprint density at radius 2 is 1.41 bits per heavy atom. The fourth-order valence-corrected chi connectivity index (χ4v) is 1.64. The number of hydrogen-bond donors (Lipinski definition) is 1. The van der Waals surface area contributed by atoms with Crippen LogP contribution in [0.5, 0.6) is 0 Å². The number of hydrogen-bond acceptors (Lipinski definition) is 2. The molecule has 1 N–H and O–H groups in total. The van der Waals surface area contributed by atoms with Crippen LogP contribution in [0.15, 0.2) is 30.5 Å². The smallest absolute Gasteiger partial charge is 0.155 e. The van der Waals surface area contributed by atoms with E-state index in [4.69, 9.17) is 0 Å². The molecule has 3 aromatic rings. The Morgan fingerprint density at radius 3 is 2.00 bits per heavy atom. The molecule has 0 saturated heterocycles. The van der Waals surface area contributed by atoms with Crippen molar-refractivity contribution in [2.75, 3.05) is 0 Å². The molecule has 1 heterocycles. The van der Waals surface area contributed by atoms with Crippen molar-refractivity contribution in [3.8, 4) is 0 Å². The molecule has 2 aromatic carbocycles. The van der Waals surface area contributed by atoms with Crippen LogP contribution in [0.4, 0.5) is 22.0 Å². The Labute approximate surface area is 120 Å². The number of benzene rings is 2. The summed E-state index contributed by atoms with van der Waals surface area (Å²) in [5.74, 6) is -4.59. The van der Waals surface area contributed by atoms with E-state index in [1.807, 2.05) is 0 Å². The van der Waals surface area contributed by atoms with Crippen LogP contribution in [0.1, 0.15) is 10.4 Å². The number of carbonyl (C=O) groups excluding carboxylic acids is 1. The van der Waals surface area contributed by atoms with E-state index in [1.165, 1.54) is 12.3 Å². The van der Waals surface area contributed by atoms with Crippen LogP contribution < -0.4 is 0 Å². The lowest BCUT2D eigenvalue weighted by Crippen LogP contribution is -1.94. The highest BCUT2D eigenvalue weighted by molar-refractivity contribution is 5.78. The van der Waals surface area contributed by atoms with Crippen LogP contribution in [-0.4, -0.2) is 16.5 Å². The maximum atomic E-state index is 12.8. The number of aromatic nitrogens is 2. The SMILES string of the molecule is Fc1cc(F)c2cn[nH]c2c1.O=Cc1c(F)cc(F)cc1F. The molecule has 0 unspecified atom stereocenters. The first-order valence-electron chi connectivity index (χ1n) is 5.80. The Hall–Kier alpha value is -2.77. The molecule has 1 aromatic heterocycles. The zero-order chi connectivity index (χ0) is 16.3. The average Bonchev–Trinajstić information content (AvgIpc) is 2.87. The number of halogens is 5. The second kappa shape index (κ2) is 6.33. The van der Waals surface area contributed by atoms with E-state index in [-0.39, 0.29) is 6.29 Å². The highest BCUT2D eigenvalue weighted by Gasteiger charge is 2.09. The summed E-state index contributed by atoms with van der Waals surface area (Å²) in [5.41, 5.74) is -0.367. The predicted octanol–water partition coefficient (Wildman–Crippen LogP) is 3.76. The van der Waals surface area contributed by atoms with Crippen LogP contribution in [-0.2, 0) is 0 Å². The lowest BCUT2D eigenvalue weighted by atomic mass is 10.2. The van der Waals surface area contributed by atoms with Crippen LogP contribution >= 0.6 is 0 Å². The van der Waals surface area contributed by atoms with Gasteiger partial charge in [-0.1, -0.05) is 0 Å². The van der Waals surface area contributed by atoms with E-state index in [1.54, 1.807) is 0 Å². The van der Waals surface area contributed by atoms with Crippen LogP contribution in [0.3, 0.4) is 0 Å². The van der Waals surface area contributed by atoms with Gasteiger partial charge in [0.25, 0.3) is 0 Å². The summed E-state index contributed by atoms with van der Waals surface area (Å²) in [4.78, 5) is 9.96. The van der Waals surface area contributed by atoms with Crippen molar-refractivity contribution in [2.45, 2.75) is 0 Å². The number of aldehydes is 1. The molecule has 0 spiro atoms. The summed E-state index contributed by atoms with van der Waals surface area (Å²) in [5, 5.41) is 6.35. The topological polar surface area (TPSA) is 45.8 Å². The molecule has 8 heteroatoms. The van der Waals surface area contributed by atoms with E-state index in [2.05, 4.69) is 10.2 Å². The summed E-state index contributed by atoms with van der Waals surface area (Å²) in [7, 11) is 0. The van der Waals surface area contributed by atoms with Crippen molar-refractivity contribution in [1.82, 2.24) is 10.2 Å². The third-order valence-electron chi connectivity index (χ3n) is 2.63. The number of nitrogens with one attached hydrogen (secondary N) is 1. The summed E-state index contributed by atoms with van der Waals surface area (Å²) < 4.78 is 62.2. The number of rotatable bonds is 1. The molecule has 0 amide bonds. The van der Waals surface area contributed by atoms with Crippen molar-refractivity contribution < 1.29 is 26.7 Å². The van der Waals surface area contributed by atoms with Crippen LogP contribution in [0.2, 0.25) is 0 Å². The van der Waals surface area contributed by atoms with Gasteiger partial charge in [-0.05, 0) is 6.07 Å². The normalized spacial score (nSPS) is 10.2. The second-order valence-electron chi connectivity index (χ2n) is 4.12. The Bertz CT molecular complexity index is 808. The fraction of sp³-hybridized carbons (Fsp3) is 0. The molecule has 22 heavy (non-hydrogen) atoms. The molecule has 0 atom stereocenters. The Balaban J connectivity index is 0.000000160. The summed E-state index contributed by atoms with van der Waals surface area (Å²) in [6, 6.07) is 2.93. The molecule has 0 bridgehead atoms. The van der Waals surface area contributed by atoms with Gasteiger partial charge >= 0.3 is 0 Å². The van der Waals surface area contributed by atoms with Gasteiger partial charge in [-0.3, -0.25) is 9.89 Å². The maximum Gasteiger partial charge on any atom is 0.155 e. The van der Waals surface area contributed by atoms with Crippen molar-refractivity contribution in [2.24, 2.45) is 0 Å². The Morgan fingerprint density at radius 1 is 0.864 bits per heavy atom. The molecule has 0 radical (unpaired) electrons. The summed E-state index contributed by atoms with van der Waals surface area (Å²) in [6.07, 6.45) is 1.33. The molecule has 0 aliphatic rings. The van der Waals surface area contributed by atoms with Gasteiger partial charge in [-0.25, -0.2) is 22.0 Å². The van der Waals surface area contributed by atoms with Crippen molar-refractivity contribution in [3.05, 3.63) is 65.1 Å². The fourth-order valence-electron chi connectivity index (χ4n) is 1.64. The lowest BCUT2D eigenvalue weighted by Gasteiger charge is -1.95. The summed E-state index contributed by atoms with van der Waals surface area (Å²) in [6.45, 7) is 0. The van der Waals surface area contributed by atoms with Crippen molar-refractivity contribution in [1.29, 1.82) is 0 Å². The monoisotopic (exact) mass is 314 g/mol. The molecule has 0 aliphatic heterocycles. The minimum Gasteiger partial charge on any atom is -0.298 e. The van der Waals surface area contributed by atoms with E-state index >= 15 is 0 Å². The van der Waals surface area contributed by atoms with Gasteiger partial charge in [-0.15, -0.1) is 0 Å². The quantitative estimate of drug-likeness (QED) is 0.549. The lowest BCUT2D eigenvalue weighted by molar-refractivity contribution is 0.111. The van der Waals surface area contributed by atoms with Crippen molar-refractivity contribution in [3.63, 3.8) is 0 Å². The molecule has 0 fully saturated rings. The molecule has 3 nitrogen and oxygen atoms in total. The Kier molecular flexibility index (Phi) is 4.50. The van der Waals surface area contributed by atoms with Gasteiger partial charge in [0.05, 0.1) is 22.7 Å². The first-order chi connectivity index (χ1) is 10.4. The van der Waals surface area contributed by atoms with E-state index < -0.39 is 34.6 Å². The van der Waals surface area contributed by atoms with Gasteiger partial charge in [0.1, 0.15) is 29.1 Å². The van der Waals surface area contributed by atoms with Gasteiger partial charge in [0.15, 0.2) is 6.29 Å². The molecule has 0 aliphatic carbocycles. The standard InChI is InChI=1S/C7H3F3O.C7H4F2N2/c8-4-1-6(9)5(3-11)7(10)2-4;8-4-1-6(9)5-3-10-11-7(5)2-4/h1-3H;1-3H,(H,10,11). The summed E-state index contributed by atoms with van der Waals surface area (Å²) >= 11 is 0. The van der Waals surface area contributed by atoms with Gasteiger partial charge in [0, 0.05) is 18.2 Å². The van der Waals surface area contributed by atoms with Crippen LogP contribution in [0, 0.1) is 29.1 Å². The predicted molar refractivity (Wildman–Crippen MR) is 67.7 cm³/mol. The van der Waals surface area contributed by atoms with E-state index in [0.717, 1.165) is 6.07 Å². The molecular weight excluding hydrogens is 307 g/mol.